The summed E-state index contributed by atoms with van der Waals surface area (Å²) < 4.78 is 74.0. The second-order valence-electron chi connectivity index (χ2n) is 3.67. The third kappa shape index (κ3) is 2.27. The molecule has 1 aliphatic rings. The molecule has 0 aromatic heterocycles. The number of allylic oxidation sites excluding steroid dienone is 2. The number of likely N-dealkylation sites (tertiary alicyclic amines) is 1. The predicted octanol–water partition coefficient (Wildman–Crippen LogP) is 3.48. The van der Waals surface area contributed by atoms with Gasteiger partial charge in [-0.3, -0.25) is 0 Å². The molecule has 7 heteroatoms. The van der Waals surface area contributed by atoms with Crippen LogP contribution in [0.1, 0.15) is 19.8 Å². The van der Waals surface area contributed by atoms with Gasteiger partial charge < -0.3 is 4.90 Å². The van der Waals surface area contributed by atoms with Gasteiger partial charge in [-0.1, -0.05) is 0 Å². The average molecular weight is 247 g/mol. The Hall–Kier alpha value is -0.880. The van der Waals surface area contributed by atoms with Crippen molar-refractivity contribution in [2.45, 2.75) is 31.9 Å². The van der Waals surface area contributed by atoms with Crippen LogP contribution in [0.25, 0.3) is 0 Å². The van der Waals surface area contributed by atoms with Gasteiger partial charge in [0.25, 0.3) is 0 Å². The van der Waals surface area contributed by atoms with Gasteiger partial charge >= 0.3 is 12.1 Å². The first-order valence-electron chi connectivity index (χ1n) is 4.74. The summed E-state index contributed by atoms with van der Waals surface area (Å²) in [7, 11) is 0. The fourth-order valence-corrected chi connectivity index (χ4v) is 1.54. The largest absolute Gasteiger partial charge is 0.460 e. The lowest BCUT2D eigenvalue weighted by Gasteiger charge is -2.24. The summed E-state index contributed by atoms with van der Waals surface area (Å²) in [5.74, 6) is -7.80. The Labute approximate surface area is 88.7 Å². The van der Waals surface area contributed by atoms with Gasteiger partial charge in [-0.15, -0.1) is 0 Å². The Morgan fingerprint density at radius 2 is 1.44 bits per heavy atom. The number of hydrogen-bond donors (Lipinski definition) is 0. The Morgan fingerprint density at radius 3 is 1.81 bits per heavy atom. The van der Waals surface area contributed by atoms with Crippen molar-refractivity contribution in [3.63, 3.8) is 0 Å². The van der Waals surface area contributed by atoms with Gasteiger partial charge in [-0.05, 0) is 19.8 Å². The van der Waals surface area contributed by atoms with Crippen molar-refractivity contribution in [2.24, 2.45) is 0 Å². The molecule has 0 unspecified atom stereocenters. The smallest absolute Gasteiger partial charge is 0.373 e. The number of nitrogens with zero attached hydrogens (tertiary/aromatic N) is 1. The zero-order valence-corrected chi connectivity index (χ0v) is 8.54. The zero-order chi connectivity index (χ0) is 12.6. The number of hydrogen-bond acceptors (Lipinski definition) is 1. The maximum absolute atomic E-state index is 13.1. The third-order valence-electron chi connectivity index (χ3n) is 2.53. The van der Waals surface area contributed by atoms with Gasteiger partial charge in [-0.25, -0.2) is 4.39 Å². The molecule has 0 radical (unpaired) electrons. The quantitative estimate of drug-likeness (QED) is 0.675. The van der Waals surface area contributed by atoms with E-state index in [0.717, 1.165) is 6.92 Å². The highest BCUT2D eigenvalue weighted by Crippen LogP contribution is 2.43. The van der Waals surface area contributed by atoms with Crippen molar-refractivity contribution in [3.05, 3.63) is 11.5 Å². The van der Waals surface area contributed by atoms with E-state index in [1.165, 1.54) is 4.90 Å². The zero-order valence-electron chi connectivity index (χ0n) is 8.54. The van der Waals surface area contributed by atoms with Crippen molar-refractivity contribution in [1.29, 1.82) is 0 Å². The molecule has 0 bridgehead atoms. The highest BCUT2D eigenvalue weighted by Gasteiger charge is 2.62. The van der Waals surface area contributed by atoms with E-state index in [-0.39, 0.29) is 0 Å². The summed E-state index contributed by atoms with van der Waals surface area (Å²) in [6, 6.07) is 0. The second kappa shape index (κ2) is 4.18. The molecule has 0 saturated carbocycles. The summed E-state index contributed by atoms with van der Waals surface area (Å²) in [6.07, 6.45) is -4.55. The highest BCUT2D eigenvalue weighted by molar-refractivity contribution is 5.15. The molecule has 1 fully saturated rings. The van der Waals surface area contributed by atoms with Crippen LogP contribution in [0.4, 0.5) is 26.3 Å². The first-order valence-corrected chi connectivity index (χ1v) is 4.74. The molecule has 0 spiro atoms. The van der Waals surface area contributed by atoms with Crippen LogP contribution < -0.4 is 0 Å². The lowest BCUT2D eigenvalue weighted by molar-refractivity contribution is -0.271. The topological polar surface area (TPSA) is 3.24 Å². The van der Waals surface area contributed by atoms with Gasteiger partial charge in [0.15, 0.2) is 5.83 Å². The van der Waals surface area contributed by atoms with E-state index < -0.39 is 23.6 Å². The summed E-state index contributed by atoms with van der Waals surface area (Å²) in [5.41, 5.74) is -0.625. The first kappa shape index (κ1) is 13.2. The van der Waals surface area contributed by atoms with Crippen molar-refractivity contribution in [1.82, 2.24) is 4.90 Å². The van der Waals surface area contributed by atoms with E-state index in [0.29, 0.717) is 25.9 Å². The van der Waals surface area contributed by atoms with Crippen LogP contribution in [0.15, 0.2) is 11.5 Å². The summed E-state index contributed by atoms with van der Waals surface area (Å²) in [5, 5.41) is 0. The van der Waals surface area contributed by atoms with E-state index in [1.54, 1.807) is 0 Å². The molecule has 1 heterocycles. The van der Waals surface area contributed by atoms with E-state index in [4.69, 9.17) is 0 Å². The normalized spacial score (nSPS) is 20.1. The minimum absolute atomic E-state index is 0.313. The lowest BCUT2D eigenvalue weighted by atomic mass is 10.2. The summed E-state index contributed by atoms with van der Waals surface area (Å²) in [6.45, 7) is 1.57. The first-order chi connectivity index (χ1) is 7.18. The standard InChI is InChI=1S/C9H11F6N/c1-6(16-4-2-3-5-16)7(10)8(11,12)9(13,14)15/h2-5H2,1H3/b7-6+. The third-order valence-corrected chi connectivity index (χ3v) is 2.53. The second-order valence-corrected chi connectivity index (χ2v) is 3.67. The Bertz CT molecular complexity index is 287. The Balaban J connectivity index is 2.97. The van der Waals surface area contributed by atoms with Crippen LogP contribution in [0.5, 0.6) is 0 Å². The average Bonchev–Trinajstić information content (AvgIpc) is 2.66. The fourth-order valence-electron chi connectivity index (χ4n) is 1.54. The van der Waals surface area contributed by atoms with Gasteiger partial charge in [-0.2, -0.15) is 22.0 Å². The van der Waals surface area contributed by atoms with Gasteiger partial charge in [0, 0.05) is 18.8 Å². The molecule has 1 saturated heterocycles. The van der Waals surface area contributed by atoms with E-state index in [1.807, 2.05) is 0 Å². The molecule has 0 atom stereocenters. The minimum atomic E-state index is -5.89. The number of alkyl halides is 5. The molecular formula is C9H11F6N. The number of rotatable bonds is 2. The van der Waals surface area contributed by atoms with Crippen LogP contribution in [-0.2, 0) is 0 Å². The van der Waals surface area contributed by atoms with Crippen LogP contribution >= 0.6 is 0 Å². The van der Waals surface area contributed by atoms with Crippen molar-refractivity contribution in [2.75, 3.05) is 13.1 Å². The van der Waals surface area contributed by atoms with Crippen molar-refractivity contribution in [3.8, 4) is 0 Å². The molecule has 0 aromatic rings. The predicted molar refractivity (Wildman–Crippen MR) is 45.6 cm³/mol. The van der Waals surface area contributed by atoms with E-state index >= 15 is 0 Å². The highest BCUT2D eigenvalue weighted by atomic mass is 19.4. The maximum atomic E-state index is 13.1. The van der Waals surface area contributed by atoms with Crippen LogP contribution in [0.2, 0.25) is 0 Å². The molecule has 1 nitrogen and oxygen atoms in total. The van der Waals surface area contributed by atoms with E-state index in [2.05, 4.69) is 0 Å². The molecule has 0 amide bonds. The van der Waals surface area contributed by atoms with E-state index in [9.17, 15) is 26.3 Å². The summed E-state index contributed by atoms with van der Waals surface area (Å²) >= 11 is 0. The molecule has 16 heavy (non-hydrogen) atoms. The van der Waals surface area contributed by atoms with Crippen LogP contribution in [-0.4, -0.2) is 30.1 Å². The SMILES string of the molecule is C/C(=C(\F)C(F)(F)C(F)(F)F)N1CCCC1. The minimum Gasteiger partial charge on any atom is -0.373 e. The molecule has 1 aliphatic heterocycles. The van der Waals surface area contributed by atoms with Crippen LogP contribution in [0.3, 0.4) is 0 Å². The molecular weight excluding hydrogens is 236 g/mol. The fraction of sp³-hybridized carbons (Fsp3) is 0.778. The van der Waals surface area contributed by atoms with Crippen LogP contribution in [0, 0.1) is 0 Å². The van der Waals surface area contributed by atoms with Crippen molar-refractivity contribution >= 4 is 0 Å². The van der Waals surface area contributed by atoms with Gasteiger partial charge in [0.2, 0.25) is 0 Å². The van der Waals surface area contributed by atoms with Gasteiger partial charge in [0.1, 0.15) is 0 Å². The molecule has 0 aromatic carbocycles. The maximum Gasteiger partial charge on any atom is 0.460 e. The summed E-state index contributed by atoms with van der Waals surface area (Å²) in [4.78, 5) is 1.20. The monoisotopic (exact) mass is 247 g/mol. The Morgan fingerprint density at radius 1 is 1.00 bits per heavy atom. The Kier molecular flexibility index (Phi) is 3.44. The lowest BCUT2D eigenvalue weighted by Crippen LogP contribution is -2.39. The van der Waals surface area contributed by atoms with Crippen molar-refractivity contribution < 1.29 is 26.3 Å². The number of halogens is 6. The molecule has 0 N–H and O–H groups in total. The van der Waals surface area contributed by atoms with Gasteiger partial charge in [0.05, 0.1) is 0 Å². The molecule has 1 rings (SSSR count). The molecule has 94 valence electrons. The molecule has 0 aliphatic carbocycles.